The van der Waals surface area contributed by atoms with E-state index >= 15 is 0 Å². The fourth-order valence-electron chi connectivity index (χ4n) is 5.05. The van der Waals surface area contributed by atoms with Gasteiger partial charge in [-0.3, -0.25) is 14.8 Å². The van der Waals surface area contributed by atoms with Crippen LogP contribution in [0.15, 0.2) is 9.41 Å². The minimum atomic E-state index is 0. The molecule has 8 heteroatoms. The Bertz CT molecular complexity index is 674. The zero-order chi connectivity index (χ0) is 20.2. The van der Waals surface area contributed by atoms with Crippen LogP contribution in [0.5, 0.6) is 0 Å². The molecule has 0 bridgehead atoms. The van der Waals surface area contributed by atoms with Crippen LogP contribution in [0.3, 0.4) is 0 Å². The van der Waals surface area contributed by atoms with Gasteiger partial charge < -0.3 is 14.6 Å². The first kappa shape index (κ1) is 23.8. The number of piperidine rings is 1. The number of guanidine groups is 1. The van der Waals surface area contributed by atoms with Crippen LogP contribution in [0.1, 0.15) is 49.4 Å². The predicted molar refractivity (Wildman–Crippen MR) is 132 cm³/mol. The minimum Gasteiger partial charge on any atom is -0.444 e. The number of aromatic nitrogens is 1. The van der Waals surface area contributed by atoms with Gasteiger partial charge in [-0.2, -0.15) is 0 Å². The molecule has 0 saturated carbocycles. The Morgan fingerprint density at radius 3 is 2.47 bits per heavy atom. The Balaban J connectivity index is 0.00000256. The number of nitrogens with zero attached hydrogens (tertiary/aromatic N) is 5. The van der Waals surface area contributed by atoms with Crippen molar-refractivity contribution in [3.63, 3.8) is 0 Å². The summed E-state index contributed by atoms with van der Waals surface area (Å²) in [4.78, 5) is 16.7. The molecule has 4 rings (SSSR count). The number of halogens is 1. The summed E-state index contributed by atoms with van der Waals surface area (Å²) in [7, 11) is 1.93. The molecule has 0 aromatic carbocycles. The molecule has 1 unspecified atom stereocenters. The minimum absolute atomic E-state index is 0. The maximum atomic E-state index is 5.75. The Morgan fingerprint density at radius 1 is 1.10 bits per heavy atom. The van der Waals surface area contributed by atoms with Crippen molar-refractivity contribution in [2.45, 2.75) is 58.5 Å². The second-order valence-corrected chi connectivity index (χ2v) is 9.03. The summed E-state index contributed by atoms with van der Waals surface area (Å²) in [6.45, 7) is 12.9. The van der Waals surface area contributed by atoms with Crippen LogP contribution >= 0.6 is 24.0 Å². The zero-order valence-corrected chi connectivity index (χ0v) is 21.2. The molecule has 1 atom stereocenters. The predicted octanol–water partition coefficient (Wildman–Crippen LogP) is 2.87. The molecule has 0 aliphatic carbocycles. The standard InChI is InChI=1S/C22H38N6O.HI/c1-17-18(2)29-21(25-17)16-26-11-6-19(7-12-26)14-24-22(23-3)28-13-8-20(15-28)27-9-4-5-10-27;/h19-20H,4-16H2,1-3H3,(H,23,24);1H. The van der Waals surface area contributed by atoms with E-state index in [4.69, 9.17) is 4.42 Å². The van der Waals surface area contributed by atoms with Gasteiger partial charge in [0.1, 0.15) is 5.76 Å². The smallest absolute Gasteiger partial charge is 0.208 e. The highest BCUT2D eigenvalue weighted by atomic mass is 127. The lowest BCUT2D eigenvalue weighted by Gasteiger charge is -2.32. The van der Waals surface area contributed by atoms with Gasteiger partial charge in [0.25, 0.3) is 0 Å². The van der Waals surface area contributed by atoms with E-state index in [-0.39, 0.29) is 24.0 Å². The number of nitrogens with one attached hydrogen (secondary N) is 1. The first-order chi connectivity index (χ1) is 14.1. The molecule has 1 N–H and O–H groups in total. The number of likely N-dealkylation sites (tertiary alicyclic amines) is 3. The van der Waals surface area contributed by atoms with Crippen LogP contribution in [-0.4, -0.2) is 84.5 Å². The number of aliphatic imine (C=N–C) groups is 1. The highest BCUT2D eigenvalue weighted by Gasteiger charge is 2.31. The van der Waals surface area contributed by atoms with Crippen LogP contribution in [-0.2, 0) is 6.54 Å². The van der Waals surface area contributed by atoms with Crippen LogP contribution in [0.2, 0.25) is 0 Å². The fraction of sp³-hybridized carbons (Fsp3) is 0.818. The number of rotatable bonds is 5. The third-order valence-electron chi connectivity index (χ3n) is 7.02. The molecule has 7 nitrogen and oxygen atoms in total. The first-order valence-electron chi connectivity index (χ1n) is 11.5. The van der Waals surface area contributed by atoms with Gasteiger partial charge in [-0.05, 0) is 78.0 Å². The van der Waals surface area contributed by atoms with Crippen molar-refractivity contribution >= 4 is 29.9 Å². The van der Waals surface area contributed by atoms with Crippen LogP contribution in [0.25, 0.3) is 0 Å². The molecule has 3 aliphatic rings. The summed E-state index contributed by atoms with van der Waals surface area (Å²) in [6.07, 6.45) is 6.46. The Hall–Kier alpha value is -0.870. The molecular formula is C22H39IN6O. The van der Waals surface area contributed by atoms with E-state index in [2.05, 4.69) is 30.0 Å². The maximum Gasteiger partial charge on any atom is 0.208 e. The van der Waals surface area contributed by atoms with E-state index in [1.54, 1.807) is 0 Å². The average molecular weight is 530 g/mol. The molecule has 1 aromatic heterocycles. The van der Waals surface area contributed by atoms with Crippen molar-refractivity contribution in [3.05, 3.63) is 17.3 Å². The zero-order valence-electron chi connectivity index (χ0n) is 18.9. The molecule has 3 aliphatic heterocycles. The van der Waals surface area contributed by atoms with Crippen LogP contribution < -0.4 is 5.32 Å². The summed E-state index contributed by atoms with van der Waals surface area (Å²) < 4.78 is 5.75. The topological polar surface area (TPSA) is 60.1 Å². The normalized spacial score (nSPS) is 24.4. The van der Waals surface area contributed by atoms with Crippen LogP contribution in [0, 0.1) is 19.8 Å². The summed E-state index contributed by atoms with van der Waals surface area (Å²) >= 11 is 0. The number of hydrogen-bond donors (Lipinski definition) is 1. The van der Waals surface area contributed by atoms with Gasteiger partial charge >= 0.3 is 0 Å². The van der Waals surface area contributed by atoms with Gasteiger partial charge in [0.2, 0.25) is 5.89 Å². The lowest BCUT2D eigenvalue weighted by atomic mass is 9.97. The highest BCUT2D eigenvalue weighted by Crippen LogP contribution is 2.22. The van der Waals surface area contributed by atoms with Crippen molar-refractivity contribution < 1.29 is 4.42 Å². The summed E-state index contributed by atoms with van der Waals surface area (Å²) in [5.41, 5.74) is 1.01. The summed E-state index contributed by atoms with van der Waals surface area (Å²) in [5, 5.41) is 3.68. The molecule has 1 aromatic rings. The largest absolute Gasteiger partial charge is 0.444 e. The van der Waals surface area contributed by atoms with Crippen molar-refractivity contribution in [2.24, 2.45) is 10.9 Å². The lowest BCUT2D eigenvalue weighted by Crippen LogP contribution is -2.45. The molecule has 0 radical (unpaired) electrons. The summed E-state index contributed by atoms with van der Waals surface area (Å²) in [5.74, 6) is 3.62. The number of oxazole rings is 1. The van der Waals surface area contributed by atoms with Gasteiger partial charge in [-0.25, -0.2) is 4.98 Å². The Labute approximate surface area is 198 Å². The van der Waals surface area contributed by atoms with Gasteiger partial charge in [-0.1, -0.05) is 0 Å². The molecule has 4 heterocycles. The third-order valence-corrected chi connectivity index (χ3v) is 7.02. The quantitative estimate of drug-likeness (QED) is 0.359. The number of hydrogen-bond acceptors (Lipinski definition) is 5. The van der Waals surface area contributed by atoms with E-state index in [1.807, 2.05) is 20.9 Å². The van der Waals surface area contributed by atoms with E-state index in [9.17, 15) is 0 Å². The summed E-state index contributed by atoms with van der Waals surface area (Å²) in [6, 6.07) is 0.724. The maximum absolute atomic E-state index is 5.75. The van der Waals surface area contributed by atoms with Crippen molar-refractivity contribution in [1.29, 1.82) is 0 Å². The molecule has 170 valence electrons. The van der Waals surface area contributed by atoms with Gasteiger partial charge in [0.05, 0.1) is 12.2 Å². The fourth-order valence-corrected chi connectivity index (χ4v) is 5.05. The molecule has 3 fully saturated rings. The molecule has 0 spiro atoms. The Morgan fingerprint density at radius 2 is 1.83 bits per heavy atom. The van der Waals surface area contributed by atoms with Crippen LogP contribution in [0.4, 0.5) is 0 Å². The van der Waals surface area contributed by atoms with Crippen molar-refractivity contribution in [2.75, 3.05) is 52.9 Å². The van der Waals surface area contributed by atoms with Crippen molar-refractivity contribution in [3.8, 4) is 0 Å². The molecule has 0 amide bonds. The van der Waals surface area contributed by atoms with Gasteiger partial charge in [0.15, 0.2) is 5.96 Å². The monoisotopic (exact) mass is 530 g/mol. The second-order valence-electron chi connectivity index (χ2n) is 9.03. The average Bonchev–Trinajstić information content (AvgIpc) is 3.46. The van der Waals surface area contributed by atoms with E-state index in [0.29, 0.717) is 5.92 Å². The third kappa shape index (κ3) is 5.88. The first-order valence-corrected chi connectivity index (χ1v) is 11.5. The number of aryl methyl sites for hydroxylation is 2. The highest BCUT2D eigenvalue weighted by molar-refractivity contribution is 14.0. The molecule has 3 saturated heterocycles. The van der Waals surface area contributed by atoms with Gasteiger partial charge in [0, 0.05) is 32.7 Å². The second kappa shape index (κ2) is 11.1. The lowest BCUT2D eigenvalue weighted by molar-refractivity contribution is 0.163. The van der Waals surface area contributed by atoms with Crippen molar-refractivity contribution in [1.82, 2.24) is 25.0 Å². The molecule has 30 heavy (non-hydrogen) atoms. The van der Waals surface area contributed by atoms with Gasteiger partial charge in [-0.15, -0.1) is 24.0 Å². The van der Waals surface area contributed by atoms with E-state index < -0.39 is 0 Å². The Kier molecular flexibility index (Phi) is 8.82. The SMILES string of the molecule is CN=C(NCC1CCN(Cc2nc(C)c(C)o2)CC1)N1CCC(N2CCCC2)C1.I. The van der Waals surface area contributed by atoms with E-state index in [1.165, 1.54) is 45.2 Å². The molecular weight excluding hydrogens is 491 g/mol. The van der Waals surface area contributed by atoms with E-state index in [0.717, 1.165) is 68.6 Å².